The number of nitrogens with one attached hydrogen (secondary N) is 1. The van der Waals surface area contributed by atoms with Gasteiger partial charge < -0.3 is 9.80 Å². The minimum Gasteiger partial charge on any atom is -0.355 e. The first-order chi connectivity index (χ1) is 11.5. The third kappa shape index (κ3) is 3.73. The predicted molar refractivity (Wildman–Crippen MR) is 93.8 cm³/mol. The summed E-state index contributed by atoms with van der Waals surface area (Å²) in [6.45, 7) is 3.71. The Kier molecular flexibility index (Phi) is 5.11. The molecule has 1 saturated heterocycles. The number of piperazine rings is 1. The van der Waals surface area contributed by atoms with Crippen LogP contribution in [0.1, 0.15) is 5.56 Å². The van der Waals surface area contributed by atoms with E-state index in [1.54, 1.807) is 12.1 Å². The van der Waals surface area contributed by atoms with Gasteiger partial charge in [0.25, 0.3) is 5.69 Å². The Bertz CT molecular complexity index is 748. The van der Waals surface area contributed by atoms with E-state index in [1.807, 2.05) is 23.1 Å². The highest BCUT2D eigenvalue weighted by molar-refractivity contribution is 9.10. The molecule has 1 aliphatic rings. The van der Waals surface area contributed by atoms with Crippen LogP contribution in [-0.2, 0) is 6.54 Å². The third-order valence-corrected chi connectivity index (χ3v) is 4.84. The molecule has 2 aromatic rings. The second-order valence-corrected chi connectivity index (χ2v) is 6.81. The molecule has 1 aliphatic heterocycles. The molecule has 5 nitrogen and oxygen atoms in total. The molecule has 3 rings (SSSR count). The molecule has 0 saturated carbocycles. The van der Waals surface area contributed by atoms with Crippen molar-refractivity contribution in [3.05, 3.63) is 68.4 Å². The lowest BCUT2D eigenvalue weighted by Gasteiger charge is -2.33. The van der Waals surface area contributed by atoms with E-state index in [1.165, 1.54) is 17.0 Å². The van der Waals surface area contributed by atoms with E-state index >= 15 is 0 Å². The van der Waals surface area contributed by atoms with E-state index in [4.69, 9.17) is 0 Å². The molecule has 126 valence electrons. The fraction of sp³-hybridized carbons (Fsp3) is 0.294. The van der Waals surface area contributed by atoms with Crippen molar-refractivity contribution in [2.45, 2.75) is 6.54 Å². The molecule has 0 radical (unpaired) electrons. The maximum absolute atomic E-state index is 13.8. The Balaban J connectivity index is 1.67. The average molecular weight is 395 g/mol. The molecule has 0 atom stereocenters. The number of nitro groups is 1. The van der Waals surface area contributed by atoms with Gasteiger partial charge in [0, 0.05) is 16.1 Å². The van der Waals surface area contributed by atoms with Gasteiger partial charge in [-0.25, -0.2) is 4.39 Å². The second-order valence-electron chi connectivity index (χ2n) is 5.90. The first-order valence-corrected chi connectivity index (χ1v) is 8.60. The van der Waals surface area contributed by atoms with Crippen molar-refractivity contribution in [3.63, 3.8) is 0 Å². The summed E-state index contributed by atoms with van der Waals surface area (Å²) in [4.78, 5) is 14.2. The van der Waals surface area contributed by atoms with Crippen LogP contribution in [-0.4, -0.2) is 31.1 Å². The summed E-state index contributed by atoms with van der Waals surface area (Å²) in [5, 5.41) is 11.3. The average Bonchev–Trinajstić information content (AvgIpc) is 2.58. The summed E-state index contributed by atoms with van der Waals surface area (Å²) in [6.07, 6.45) is 0. The first-order valence-electron chi connectivity index (χ1n) is 7.80. The van der Waals surface area contributed by atoms with Gasteiger partial charge in [-0.1, -0.05) is 34.1 Å². The van der Waals surface area contributed by atoms with Crippen LogP contribution < -0.4 is 9.80 Å². The zero-order valence-electron chi connectivity index (χ0n) is 13.0. The predicted octanol–water partition coefficient (Wildman–Crippen LogP) is 2.40. The second kappa shape index (κ2) is 7.27. The van der Waals surface area contributed by atoms with Crippen LogP contribution in [0.3, 0.4) is 0 Å². The number of halogens is 2. The van der Waals surface area contributed by atoms with Crippen LogP contribution in [0.4, 0.5) is 15.8 Å². The number of anilines is 1. The third-order valence-electron chi connectivity index (χ3n) is 4.34. The first kappa shape index (κ1) is 16.9. The molecule has 0 bridgehead atoms. The van der Waals surface area contributed by atoms with E-state index in [2.05, 4.69) is 15.9 Å². The number of hydrogen-bond acceptors (Lipinski definition) is 3. The summed E-state index contributed by atoms with van der Waals surface area (Å²) >= 11 is 3.28. The minimum atomic E-state index is -0.349. The van der Waals surface area contributed by atoms with E-state index in [0.717, 1.165) is 18.7 Å². The van der Waals surface area contributed by atoms with Gasteiger partial charge in [-0.3, -0.25) is 10.1 Å². The topological polar surface area (TPSA) is 50.8 Å². The monoisotopic (exact) mass is 394 g/mol. The van der Waals surface area contributed by atoms with Crippen molar-refractivity contribution in [1.29, 1.82) is 0 Å². The van der Waals surface area contributed by atoms with E-state index in [-0.39, 0.29) is 16.4 Å². The molecule has 0 aliphatic carbocycles. The fourth-order valence-corrected chi connectivity index (χ4v) is 3.41. The maximum Gasteiger partial charge on any atom is 0.293 e. The zero-order chi connectivity index (χ0) is 17.1. The van der Waals surface area contributed by atoms with Gasteiger partial charge >= 0.3 is 0 Å². The molecule has 7 heteroatoms. The molecule has 1 N–H and O–H groups in total. The van der Waals surface area contributed by atoms with Crippen LogP contribution in [0.25, 0.3) is 0 Å². The SMILES string of the molecule is O=[N+]([O-])c1cc(Br)ccc1N1CC[NH+](Cc2ccccc2F)CC1. The van der Waals surface area contributed by atoms with Crippen molar-refractivity contribution < 1.29 is 14.2 Å². The summed E-state index contributed by atoms with van der Waals surface area (Å²) in [5.41, 5.74) is 1.48. The highest BCUT2D eigenvalue weighted by Gasteiger charge is 2.26. The molecule has 1 heterocycles. The number of rotatable bonds is 4. The van der Waals surface area contributed by atoms with Gasteiger partial charge in [0.15, 0.2) is 0 Å². The van der Waals surface area contributed by atoms with Gasteiger partial charge in [0.05, 0.1) is 31.1 Å². The quantitative estimate of drug-likeness (QED) is 0.639. The highest BCUT2D eigenvalue weighted by Crippen LogP contribution is 2.31. The molecule has 0 amide bonds. The van der Waals surface area contributed by atoms with Crippen molar-refractivity contribution in [2.24, 2.45) is 0 Å². The standard InChI is InChI=1S/C17H17BrFN3O2/c18-14-5-6-16(17(11-14)22(23)24)21-9-7-20(8-10-21)12-13-3-1-2-4-15(13)19/h1-6,11H,7-10,12H2/p+1. The smallest absolute Gasteiger partial charge is 0.293 e. The van der Waals surface area contributed by atoms with Gasteiger partial charge in [-0.15, -0.1) is 0 Å². The number of quaternary nitrogens is 1. The largest absolute Gasteiger partial charge is 0.355 e. The Morgan fingerprint density at radius 1 is 1.21 bits per heavy atom. The van der Waals surface area contributed by atoms with Crippen molar-refractivity contribution >= 4 is 27.3 Å². The Morgan fingerprint density at radius 3 is 2.58 bits per heavy atom. The molecule has 0 aromatic heterocycles. The van der Waals surface area contributed by atoms with E-state index in [0.29, 0.717) is 29.8 Å². The van der Waals surface area contributed by atoms with Crippen LogP contribution in [0.2, 0.25) is 0 Å². The van der Waals surface area contributed by atoms with E-state index in [9.17, 15) is 14.5 Å². The normalized spacial score (nSPS) is 15.5. The molecule has 1 fully saturated rings. The Labute approximate surface area is 148 Å². The summed E-state index contributed by atoms with van der Waals surface area (Å²) in [5.74, 6) is -0.170. The summed E-state index contributed by atoms with van der Waals surface area (Å²) in [7, 11) is 0. The summed E-state index contributed by atoms with van der Waals surface area (Å²) in [6, 6.07) is 12.0. The number of nitro benzene ring substituents is 1. The molecule has 0 spiro atoms. The van der Waals surface area contributed by atoms with Gasteiger partial charge in [0.2, 0.25) is 0 Å². The molecular weight excluding hydrogens is 377 g/mol. The van der Waals surface area contributed by atoms with E-state index < -0.39 is 0 Å². The van der Waals surface area contributed by atoms with Crippen LogP contribution in [0.5, 0.6) is 0 Å². The van der Waals surface area contributed by atoms with Crippen molar-refractivity contribution in [3.8, 4) is 0 Å². The molecule has 0 unspecified atom stereocenters. The maximum atomic E-state index is 13.8. The van der Waals surface area contributed by atoms with Crippen LogP contribution >= 0.6 is 15.9 Å². The Morgan fingerprint density at radius 2 is 1.92 bits per heavy atom. The highest BCUT2D eigenvalue weighted by atomic mass is 79.9. The van der Waals surface area contributed by atoms with Crippen molar-refractivity contribution in [1.82, 2.24) is 0 Å². The minimum absolute atomic E-state index is 0.113. The molecule has 2 aromatic carbocycles. The molecule has 24 heavy (non-hydrogen) atoms. The Hall–Kier alpha value is -1.99. The van der Waals surface area contributed by atoms with Crippen LogP contribution in [0.15, 0.2) is 46.9 Å². The number of hydrogen-bond donors (Lipinski definition) is 1. The van der Waals surface area contributed by atoms with Gasteiger partial charge in [0.1, 0.15) is 18.0 Å². The molecular formula is C17H18BrFN3O2+. The van der Waals surface area contributed by atoms with Crippen molar-refractivity contribution in [2.75, 3.05) is 31.1 Å². The van der Waals surface area contributed by atoms with Crippen LogP contribution in [0, 0.1) is 15.9 Å². The number of nitrogens with zero attached hydrogens (tertiary/aromatic N) is 2. The summed E-state index contributed by atoms with van der Waals surface area (Å²) < 4.78 is 14.5. The van der Waals surface area contributed by atoms with Gasteiger partial charge in [-0.05, 0) is 18.2 Å². The zero-order valence-corrected chi connectivity index (χ0v) is 14.6. The lowest BCUT2D eigenvalue weighted by Crippen LogP contribution is -3.13. The lowest BCUT2D eigenvalue weighted by molar-refractivity contribution is -0.914. The van der Waals surface area contributed by atoms with Gasteiger partial charge in [-0.2, -0.15) is 0 Å². The number of benzene rings is 2. The fourth-order valence-electron chi connectivity index (χ4n) is 3.06. The lowest BCUT2D eigenvalue weighted by atomic mass is 10.1.